The van der Waals surface area contributed by atoms with Gasteiger partial charge >= 0.3 is 0 Å². The Labute approximate surface area is 159 Å². The third-order valence-corrected chi connectivity index (χ3v) is 4.09. The topological polar surface area (TPSA) is 104 Å². The van der Waals surface area contributed by atoms with E-state index in [2.05, 4.69) is 20.1 Å². The highest BCUT2D eigenvalue weighted by Gasteiger charge is 2.11. The van der Waals surface area contributed by atoms with Gasteiger partial charge in [0.1, 0.15) is 12.1 Å². The SMILES string of the molecule is Nc1ccc(-c2nc3cc(Oc4ccc(-c5ccccn5)cc4)ncn3n2)o1. The zero-order valence-electron chi connectivity index (χ0n) is 14.6. The molecule has 4 heterocycles. The highest BCUT2D eigenvalue weighted by Crippen LogP contribution is 2.25. The summed E-state index contributed by atoms with van der Waals surface area (Å²) in [4.78, 5) is 13.0. The summed E-state index contributed by atoms with van der Waals surface area (Å²) in [6.07, 6.45) is 3.30. The second-order valence-corrected chi connectivity index (χ2v) is 6.01. The monoisotopic (exact) mass is 370 g/mol. The molecule has 5 rings (SSSR count). The maximum absolute atomic E-state index is 5.84. The quantitative estimate of drug-likeness (QED) is 0.513. The number of aromatic nitrogens is 5. The van der Waals surface area contributed by atoms with Crippen LogP contribution in [0, 0.1) is 0 Å². The molecule has 5 aromatic rings. The summed E-state index contributed by atoms with van der Waals surface area (Å²) in [5.74, 6) is 2.31. The van der Waals surface area contributed by atoms with Gasteiger partial charge in [-0.25, -0.2) is 14.5 Å². The van der Waals surface area contributed by atoms with E-state index in [0.717, 1.165) is 11.3 Å². The fourth-order valence-electron chi connectivity index (χ4n) is 2.76. The minimum atomic E-state index is 0.310. The Kier molecular flexibility index (Phi) is 3.72. The van der Waals surface area contributed by atoms with Crippen LogP contribution in [-0.4, -0.2) is 24.6 Å². The van der Waals surface area contributed by atoms with Crippen molar-refractivity contribution in [3.8, 4) is 34.5 Å². The molecule has 28 heavy (non-hydrogen) atoms. The number of rotatable bonds is 4. The first-order chi connectivity index (χ1) is 13.7. The van der Waals surface area contributed by atoms with Gasteiger partial charge in [-0.3, -0.25) is 4.98 Å². The molecule has 0 bridgehead atoms. The number of pyridine rings is 1. The van der Waals surface area contributed by atoms with Gasteiger partial charge in [0.2, 0.25) is 11.7 Å². The van der Waals surface area contributed by atoms with E-state index in [1.54, 1.807) is 28.9 Å². The molecule has 0 saturated heterocycles. The van der Waals surface area contributed by atoms with E-state index in [1.807, 2.05) is 42.5 Å². The molecule has 0 atom stereocenters. The number of nitrogens with zero attached hydrogens (tertiary/aromatic N) is 5. The van der Waals surface area contributed by atoms with Crippen molar-refractivity contribution in [3.63, 3.8) is 0 Å². The van der Waals surface area contributed by atoms with Gasteiger partial charge in [-0.05, 0) is 42.5 Å². The molecular formula is C20H14N6O2. The number of hydrogen-bond donors (Lipinski definition) is 1. The van der Waals surface area contributed by atoms with Gasteiger partial charge in [0, 0.05) is 23.9 Å². The van der Waals surface area contributed by atoms with Crippen LogP contribution >= 0.6 is 0 Å². The lowest BCUT2D eigenvalue weighted by molar-refractivity contribution is 0.461. The van der Waals surface area contributed by atoms with Crippen LogP contribution in [0.25, 0.3) is 28.5 Å². The van der Waals surface area contributed by atoms with Gasteiger partial charge in [0.05, 0.1) is 5.69 Å². The number of hydrogen-bond acceptors (Lipinski definition) is 7. The van der Waals surface area contributed by atoms with Crippen LogP contribution in [0.4, 0.5) is 5.88 Å². The average Bonchev–Trinajstić information content (AvgIpc) is 3.35. The van der Waals surface area contributed by atoms with E-state index in [0.29, 0.717) is 34.7 Å². The predicted molar refractivity (Wildman–Crippen MR) is 103 cm³/mol. The molecule has 0 amide bonds. The average molecular weight is 370 g/mol. The summed E-state index contributed by atoms with van der Waals surface area (Å²) >= 11 is 0. The third-order valence-electron chi connectivity index (χ3n) is 4.09. The molecule has 0 unspecified atom stereocenters. The van der Waals surface area contributed by atoms with E-state index in [4.69, 9.17) is 14.9 Å². The second kappa shape index (κ2) is 6.51. The first-order valence-corrected chi connectivity index (χ1v) is 8.52. The zero-order chi connectivity index (χ0) is 18.9. The fraction of sp³-hybridized carbons (Fsp3) is 0. The van der Waals surface area contributed by atoms with Crippen molar-refractivity contribution in [2.75, 3.05) is 5.73 Å². The molecule has 136 valence electrons. The molecule has 2 N–H and O–H groups in total. The summed E-state index contributed by atoms with van der Waals surface area (Å²) in [6.45, 7) is 0. The normalized spacial score (nSPS) is 11.0. The fourth-order valence-corrected chi connectivity index (χ4v) is 2.76. The number of furan rings is 1. The van der Waals surface area contributed by atoms with Gasteiger partial charge < -0.3 is 14.9 Å². The summed E-state index contributed by atoms with van der Waals surface area (Å²) in [6, 6.07) is 18.5. The number of nitrogen functional groups attached to an aromatic ring is 1. The number of fused-ring (bicyclic) bond motifs is 1. The van der Waals surface area contributed by atoms with Crippen molar-refractivity contribution in [1.29, 1.82) is 0 Å². The van der Waals surface area contributed by atoms with E-state index >= 15 is 0 Å². The van der Waals surface area contributed by atoms with Crippen LogP contribution in [0.3, 0.4) is 0 Å². The molecule has 0 radical (unpaired) electrons. The minimum Gasteiger partial charge on any atom is -0.439 e. The van der Waals surface area contributed by atoms with Crippen molar-refractivity contribution < 1.29 is 9.15 Å². The lowest BCUT2D eigenvalue weighted by atomic mass is 10.1. The van der Waals surface area contributed by atoms with Crippen LogP contribution in [0.1, 0.15) is 0 Å². The first-order valence-electron chi connectivity index (χ1n) is 8.52. The zero-order valence-corrected chi connectivity index (χ0v) is 14.6. The molecule has 0 aliphatic heterocycles. The van der Waals surface area contributed by atoms with Crippen molar-refractivity contribution in [1.82, 2.24) is 24.6 Å². The predicted octanol–water partition coefficient (Wildman–Crippen LogP) is 3.82. The van der Waals surface area contributed by atoms with Gasteiger partial charge in [-0.1, -0.05) is 6.07 Å². The molecule has 0 spiro atoms. The van der Waals surface area contributed by atoms with Crippen molar-refractivity contribution in [2.45, 2.75) is 0 Å². The second-order valence-electron chi connectivity index (χ2n) is 6.01. The van der Waals surface area contributed by atoms with Crippen LogP contribution < -0.4 is 10.5 Å². The Bertz CT molecular complexity index is 1240. The highest BCUT2D eigenvalue weighted by atomic mass is 16.5. The maximum atomic E-state index is 5.84. The van der Waals surface area contributed by atoms with Gasteiger partial charge in [0.25, 0.3) is 0 Å². The Morgan fingerprint density at radius 1 is 0.964 bits per heavy atom. The third kappa shape index (κ3) is 3.03. The maximum Gasteiger partial charge on any atom is 0.224 e. The van der Waals surface area contributed by atoms with Crippen molar-refractivity contribution in [3.05, 3.63) is 73.2 Å². The summed E-state index contributed by atoms with van der Waals surface area (Å²) in [5, 5.41) is 4.32. The van der Waals surface area contributed by atoms with Crippen LogP contribution in [0.2, 0.25) is 0 Å². The van der Waals surface area contributed by atoms with E-state index in [-0.39, 0.29) is 0 Å². The molecule has 0 aliphatic rings. The van der Waals surface area contributed by atoms with E-state index in [9.17, 15) is 0 Å². The van der Waals surface area contributed by atoms with Crippen molar-refractivity contribution in [2.24, 2.45) is 0 Å². The minimum absolute atomic E-state index is 0.310. The first kappa shape index (κ1) is 16.0. The van der Waals surface area contributed by atoms with E-state index < -0.39 is 0 Å². The number of ether oxygens (including phenoxy) is 1. The largest absolute Gasteiger partial charge is 0.439 e. The standard InChI is InChI=1S/C20H14N6O2/c21-17-9-8-16(28-17)20-24-18-11-19(23-12-26(18)25-20)27-14-6-4-13(5-7-14)15-3-1-2-10-22-15/h1-12H,21H2. The lowest BCUT2D eigenvalue weighted by Crippen LogP contribution is -1.93. The molecule has 0 fully saturated rings. The Hall–Kier alpha value is -4.20. The number of benzene rings is 1. The molecule has 8 heteroatoms. The Balaban J connectivity index is 1.39. The van der Waals surface area contributed by atoms with Crippen molar-refractivity contribution >= 4 is 11.5 Å². The molecule has 8 nitrogen and oxygen atoms in total. The molecular weight excluding hydrogens is 356 g/mol. The smallest absolute Gasteiger partial charge is 0.224 e. The van der Waals surface area contributed by atoms with E-state index in [1.165, 1.54) is 6.33 Å². The summed E-state index contributed by atoms with van der Waals surface area (Å²) in [7, 11) is 0. The van der Waals surface area contributed by atoms with Gasteiger partial charge in [0.15, 0.2) is 17.3 Å². The lowest BCUT2D eigenvalue weighted by Gasteiger charge is -2.06. The molecule has 1 aromatic carbocycles. The van der Waals surface area contributed by atoms with Gasteiger partial charge in [-0.2, -0.15) is 0 Å². The Morgan fingerprint density at radius 3 is 2.61 bits per heavy atom. The number of nitrogens with two attached hydrogens (primary N) is 1. The molecule has 0 saturated carbocycles. The molecule has 0 aliphatic carbocycles. The Morgan fingerprint density at radius 2 is 1.86 bits per heavy atom. The summed E-state index contributed by atoms with van der Waals surface area (Å²) < 4.78 is 12.7. The highest BCUT2D eigenvalue weighted by molar-refractivity contribution is 5.60. The molecule has 4 aromatic heterocycles. The van der Waals surface area contributed by atoms with Crippen LogP contribution in [0.5, 0.6) is 11.6 Å². The van der Waals surface area contributed by atoms with Crippen LogP contribution in [0.15, 0.2) is 77.6 Å². The number of anilines is 1. The van der Waals surface area contributed by atoms with Crippen LogP contribution in [-0.2, 0) is 0 Å². The van der Waals surface area contributed by atoms with Gasteiger partial charge in [-0.15, -0.1) is 5.10 Å². The summed E-state index contributed by atoms with van der Waals surface area (Å²) in [5.41, 5.74) is 8.10.